The first-order valence-electron chi connectivity index (χ1n) is 8.84. The van der Waals surface area contributed by atoms with E-state index in [0.717, 1.165) is 42.0 Å². The van der Waals surface area contributed by atoms with Crippen LogP contribution in [0.15, 0.2) is 36.4 Å². The highest BCUT2D eigenvalue weighted by Crippen LogP contribution is 2.23. The van der Waals surface area contributed by atoms with Crippen molar-refractivity contribution in [1.82, 2.24) is 10.2 Å². The standard InChI is InChI=1S/C20H24N2O3S/c1-14-8-9-18(26-14)20(24)21-13-19(23)22-10-4-6-16(22)11-15-5-3-7-17(12-15)25-2/h3,5,7-9,12,16H,4,6,10-11,13H2,1-2H3,(H,21,24). The Balaban J connectivity index is 1.56. The molecule has 1 fully saturated rings. The zero-order chi connectivity index (χ0) is 18.5. The maximum absolute atomic E-state index is 12.6. The number of nitrogens with one attached hydrogen (secondary N) is 1. The van der Waals surface area contributed by atoms with E-state index in [1.807, 2.05) is 36.1 Å². The van der Waals surface area contributed by atoms with Crippen LogP contribution >= 0.6 is 11.3 Å². The van der Waals surface area contributed by atoms with Crippen LogP contribution in [0.2, 0.25) is 0 Å². The highest BCUT2D eigenvalue weighted by Gasteiger charge is 2.29. The summed E-state index contributed by atoms with van der Waals surface area (Å²) in [4.78, 5) is 28.4. The second-order valence-electron chi connectivity index (χ2n) is 6.53. The van der Waals surface area contributed by atoms with Gasteiger partial charge < -0.3 is 15.0 Å². The number of benzene rings is 1. The van der Waals surface area contributed by atoms with Crippen molar-refractivity contribution in [2.75, 3.05) is 20.2 Å². The molecule has 138 valence electrons. The predicted molar refractivity (Wildman–Crippen MR) is 103 cm³/mol. The number of amides is 2. The van der Waals surface area contributed by atoms with Gasteiger partial charge in [0.05, 0.1) is 18.5 Å². The van der Waals surface area contributed by atoms with Crippen molar-refractivity contribution in [2.24, 2.45) is 0 Å². The average Bonchev–Trinajstić information content (AvgIpc) is 3.28. The molecule has 2 aromatic rings. The molecule has 26 heavy (non-hydrogen) atoms. The number of ether oxygens (including phenoxy) is 1. The largest absolute Gasteiger partial charge is 0.497 e. The normalized spacial score (nSPS) is 16.5. The lowest BCUT2D eigenvalue weighted by atomic mass is 10.0. The topological polar surface area (TPSA) is 58.6 Å². The minimum Gasteiger partial charge on any atom is -0.497 e. The van der Waals surface area contributed by atoms with Gasteiger partial charge in [0.1, 0.15) is 5.75 Å². The summed E-state index contributed by atoms with van der Waals surface area (Å²) >= 11 is 1.44. The molecule has 0 aliphatic carbocycles. The number of thiophene rings is 1. The number of carbonyl (C=O) groups excluding carboxylic acids is 2. The summed E-state index contributed by atoms with van der Waals surface area (Å²) in [5.41, 5.74) is 1.16. The van der Waals surface area contributed by atoms with Gasteiger partial charge in [0.15, 0.2) is 0 Å². The van der Waals surface area contributed by atoms with E-state index in [9.17, 15) is 9.59 Å². The van der Waals surface area contributed by atoms with Gasteiger partial charge in [-0.05, 0) is 56.0 Å². The highest BCUT2D eigenvalue weighted by molar-refractivity contribution is 7.13. The van der Waals surface area contributed by atoms with Gasteiger partial charge in [-0.15, -0.1) is 11.3 Å². The lowest BCUT2D eigenvalue weighted by Crippen LogP contribution is -2.43. The lowest BCUT2D eigenvalue weighted by molar-refractivity contribution is -0.130. The van der Waals surface area contributed by atoms with Crippen molar-refractivity contribution in [3.05, 3.63) is 51.7 Å². The molecule has 1 atom stereocenters. The summed E-state index contributed by atoms with van der Waals surface area (Å²) in [7, 11) is 1.66. The Bertz CT molecular complexity index is 787. The van der Waals surface area contributed by atoms with Crippen LogP contribution in [0.3, 0.4) is 0 Å². The summed E-state index contributed by atoms with van der Waals surface area (Å²) in [5, 5.41) is 2.75. The number of rotatable bonds is 6. The molecular weight excluding hydrogens is 348 g/mol. The summed E-state index contributed by atoms with van der Waals surface area (Å²) in [6, 6.07) is 11.8. The number of aryl methyl sites for hydroxylation is 1. The molecule has 6 heteroatoms. The molecular formula is C20H24N2O3S. The first-order chi connectivity index (χ1) is 12.6. The van der Waals surface area contributed by atoms with Crippen molar-refractivity contribution >= 4 is 23.2 Å². The van der Waals surface area contributed by atoms with Gasteiger partial charge in [-0.25, -0.2) is 0 Å². The van der Waals surface area contributed by atoms with Crippen LogP contribution in [0.25, 0.3) is 0 Å². The first-order valence-corrected chi connectivity index (χ1v) is 9.65. The van der Waals surface area contributed by atoms with Gasteiger partial charge in [0.25, 0.3) is 5.91 Å². The molecule has 1 saturated heterocycles. The van der Waals surface area contributed by atoms with E-state index >= 15 is 0 Å². The zero-order valence-corrected chi connectivity index (χ0v) is 16.0. The Morgan fingerprint density at radius 1 is 1.31 bits per heavy atom. The maximum atomic E-state index is 12.6. The van der Waals surface area contributed by atoms with Crippen molar-refractivity contribution in [3.63, 3.8) is 0 Å². The molecule has 0 radical (unpaired) electrons. The maximum Gasteiger partial charge on any atom is 0.261 e. The van der Waals surface area contributed by atoms with Crippen LogP contribution in [0.4, 0.5) is 0 Å². The molecule has 1 N–H and O–H groups in total. The highest BCUT2D eigenvalue weighted by atomic mass is 32.1. The Hall–Kier alpha value is -2.34. The average molecular weight is 372 g/mol. The molecule has 1 aliphatic rings. The molecule has 3 rings (SSSR count). The Kier molecular flexibility index (Phi) is 5.93. The predicted octanol–water partition coefficient (Wildman–Crippen LogP) is 3.03. The van der Waals surface area contributed by atoms with Crippen molar-refractivity contribution in [3.8, 4) is 5.75 Å². The molecule has 1 aromatic heterocycles. The molecule has 1 unspecified atom stereocenters. The van der Waals surface area contributed by atoms with Gasteiger partial charge in [0, 0.05) is 17.5 Å². The van der Waals surface area contributed by atoms with Crippen molar-refractivity contribution in [1.29, 1.82) is 0 Å². The van der Waals surface area contributed by atoms with Gasteiger partial charge in [-0.3, -0.25) is 9.59 Å². The minimum absolute atomic E-state index is 0.0166. The lowest BCUT2D eigenvalue weighted by Gasteiger charge is -2.25. The van der Waals surface area contributed by atoms with E-state index in [1.54, 1.807) is 13.2 Å². The van der Waals surface area contributed by atoms with Crippen LogP contribution in [0.5, 0.6) is 5.75 Å². The van der Waals surface area contributed by atoms with E-state index < -0.39 is 0 Å². The summed E-state index contributed by atoms with van der Waals surface area (Å²) < 4.78 is 5.28. The van der Waals surface area contributed by atoms with E-state index in [4.69, 9.17) is 4.74 Å². The van der Waals surface area contributed by atoms with E-state index in [1.165, 1.54) is 11.3 Å². The molecule has 1 aliphatic heterocycles. The molecule has 0 spiro atoms. The quantitative estimate of drug-likeness (QED) is 0.848. The van der Waals surface area contributed by atoms with Crippen LogP contribution in [-0.4, -0.2) is 43.0 Å². The van der Waals surface area contributed by atoms with Gasteiger partial charge in [-0.1, -0.05) is 12.1 Å². The smallest absolute Gasteiger partial charge is 0.261 e. The van der Waals surface area contributed by atoms with Crippen LogP contribution in [-0.2, 0) is 11.2 Å². The third-order valence-electron chi connectivity index (χ3n) is 4.67. The van der Waals surface area contributed by atoms with Gasteiger partial charge >= 0.3 is 0 Å². The Morgan fingerprint density at radius 2 is 2.15 bits per heavy atom. The number of carbonyl (C=O) groups is 2. The molecule has 0 bridgehead atoms. The monoisotopic (exact) mass is 372 g/mol. The van der Waals surface area contributed by atoms with E-state index in [-0.39, 0.29) is 24.4 Å². The van der Waals surface area contributed by atoms with Crippen LogP contribution in [0.1, 0.15) is 33.0 Å². The Morgan fingerprint density at radius 3 is 2.88 bits per heavy atom. The van der Waals surface area contributed by atoms with Crippen LogP contribution in [0, 0.1) is 6.92 Å². The fourth-order valence-electron chi connectivity index (χ4n) is 3.35. The molecule has 1 aromatic carbocycles. The van der Waals surface area contributed by atoms with E-state index in [2.05, 4.69) is 11.4 Å². The molecule has 2 heterocycles. The van der Waals surface area contributed by atoms with Crippen molar-refractivity contribution in [2.45, 2.75) is 32.2 Å². The molecule has 2 amide bonds. The van der Waals surface area contributed by atoms with Gasteiger partial charge in [-0.2, -0.15) is 0 Å². The Labute approximate surface area is 158 Å². The fraction of sp³-hybridized carbons (Fsp3) is 0.400. The van der Waals surface area contributed by atoms with Crippen LogP contribution < -0.4 is 10.1 Å². The molecule has 0 saturated carbocycles. The van der Waals surface area contributed by atoms with Gasteiger partial charge in [0.2, 0.25) is 5.91 Å². The number of hydrogen-bond acceptors (Lipinski definition) is 4. The third-order valence-corrected chi connectivity index (χ3v) is 5.67. The van der Waals surface area contributed by atoms with Crippen molar-refractivity contribution < 1.29 is 14.3 Å². The number of likely N-dealkylation sites (tertiary alicyclic amines) is 1. The summed E-state index contributed by atoms with van der Waals surface area (Å²) in [6.07, 6.45) is 2.79. The summed E-state index contributed by atoms with van der Waals surface area (Å²) in [5.74, 6) is 0.633. The fourth-order valence-corrected chi connectivity index (χ4v) is 4.13. The third kappa shape index (κ3) is 4.43. The molecule has 5 nitrogen and oxygen atoms in total. The number of hydrogen-bond donors (Lipinski definition) is 1. The number of methoxy groups -OCH3 is 1. The SMILES string of the molecule is COc1cccc(CC2CCCN2C(=O)CNC(=O)c2ccc(C)s2)c1. The summed E-state index contributed by atoms with van der Waals surface area (Å²) in [6.45, 7) is 2.76. The minimum atomic E-state index is -0.181. The zero-order valence-electron chi connectivity index (χ0n) is 15.2. The second kappa shape index (κ2) is 8.36. The first kappa shape index (κ1) is 18.5. The second-order valence-corrected chi connectivity index (χ2v) is 7.82. The number of nitrogens with zero attached hydrogens (tertiary/aromatic N) is 1. The van der Waals surface area contributed by atoms with E-state index in [0.29, 0.717) is 4.88 Å².